The van der Waals surface area contributed by atoms with Gasteiger partial charge in [-0.1, -0.05) is 18.2 Å². The summed E-state index contributed by atoms with van der Waals surface area (Å²) in [5.41, 5.74) is 0.711. The van der Waals surface area contributed by atoms with Crippen molar-refractivity contribution >= 4 is 22.7 Å². The fourth-order valence-corrected chi connectivity index (χ4v) is 2.81. The van der Waals surface area contributed by atoms with Crippen molar-refractivity contribution in [1.82, 2.24) is 19.5 Å². The third-order valence-corrected chi connectivity index (χ3v) is 4.05. The Kier molecular flexibility index (Phi) is 4.61. The molecule has 10 heteroatoms. The molecule has 0 aliphatic carbocycles. The van der Waals surface area contributed by atoms with E-state index in [-0.39, 0.29) is 29.2 Å². The molecule has 1 N–H and O–H groups in total. The van der Waals surface area contributed by atoms with E-state index in [0.29, 0.717) is 5.56 Å². The Labute approximate surface area is 160 Å². The molecule has 0 aliphatic rings. The van der Waals surface area contributed by atoms with Gasteiger partial charge in [0.15, 0.2) is 17.0 Å². The predicted octanol–water partition coefficient (Wildman–Crippen LogP) is 4.92. The average molecular weight is 405 g/mol. The molecule has 0 saturated carbocycles. The van der Waals surface area contributed by atoms with Crippen LogP contribution >= 0.6 is 0 Å². The average Bonchev–Trinajstić information content (AvgIpc) is 3.04. The highest BCUT2D eigenvalue weighted by molar-refractivity contribution is 5.85. The van der Waals surface area contributed by atoms with Crippen LogP contribution in [0.3, 0.4) is 0 Å². The van der Waals surface area contributed by atoms with Crippen LogP contribution in [0.4, 0.5) is 33.5 Å². The second-order valence-electron chi connectivity index (χ2n) is 6.20. The molecular weight excluding hydrogens is 393 g/mol. The Morgan fingerprint density at radius 2 is 1.66 bits per heavy atom. The molecule has 0 fully saturated rings. The zero-order valence-electron chi connectivity index (χ0n) is 14.6. The molecule has 0 radical (unpaired) electrons. The summed E-state index contributed by atoms with van der Waals surface area (Å²) in [7, 11) is 0. The van der Waals surface area contributed by atoms with Crippen molar-refractivity contribution in [1.29, 1.82) is 0 Å². The number of hydrogen-bond acceptors (Lipinski definition) is 4. The number of nitrogens with one attached hydrogen (secondary N) is 1. The van der Waals surface area contributed by atoms with E-state index in [0.717, 1.165) is 6.07 Å². The Morgan fingerprint density at radius 3 is 2.34 bits per heavy atom. The van der Waals surface area contributed by atoms with Gasteiger partial charge >= 0.3 is 6.18 Å². The highest BCUT2D eigenvalue weighted by Crippen LogP contribution is 2.31. The van der Waals surface area contributed by atoms with Crippen LogP contribution in [-0.2, 0) is 12.7 Å². The van der Waals surface area contributed by atoms with Gasteiger partial charge in [0.05, 0.1) is 12.9 Å². The predicted molar refractivity (Wildman–Crippen MR) is 95.5 cm³/mol. The van der Waals surface area contributed by atoms with Crippen LogP contribution in [0, 0.1) is 11.6 Å². The lowest BCUT2D eigenvalue weighted by molar-refractivity contribution is -0.144. The van der Waals surface area contributed by atoms with Crippen LogP contribution in [0.5, 0.6) is 0 Å². The lowest BCUT2D eigenvalue weighted by Gasteiger charge is -2.11. The van der Waals surface area contributed by atoms with Crippen molar-refractivity contribution in [3.63, 3.8) is 0 Å². The number of aromatic nitrogens is 4. The van der Waals surface area contributed by atoms with Crippen molar-refractivity contribution in [2.75, 3.05) is 5.32 Å². The topological polar surface area (TPSA) is 55.6 Å². The first kappa shape index (κ1) is 18.8. The molecule has 0 aliphatic heterocycles. The smallest absolute Gasteiger partial charge is 0.338 e. The number of fused-ring (bicyclic) bond motifs is 1. The van der Waals surface area contributed by atoms with E-state index < -0.39 is 23.6 Å². The normalized spacial score (nSPS) is 11.8. The molecule has 0 amide bonds. The first-order chi connectivity index (χ1) is 13.8. The minimum absolute atomic E-state index is 0.0575. The van der Waals surface area contributed by atoms with Crippen molar-refractivity contribution in [2.45, 2.75) is 12.7 Å². The van der Waals surface area contributed by atoms with Crippen LogP contribution < -0.4 is 5.32 Å². The van der Waals surface area contributed by atoms with Crippen LogP contribution in [-0.4, -0.2) is 19.5 Å². The number of halogens is 5. The quantitative estimate of drug-likeness (QED) is 0.490. The third-order valence-electron chi connectivity index (χ3n) is 4.05. The lowest BCUT2D eigenvalue weighted by atomic mass is 10.2. The second-order valence-corrected chi connectivity index (χ2v) is 6.20. The molecule has 0 saturated heterocycles. The molecule has 2 aromatic carbocycles. The molecule has 0 bridgehead atoms. The molecule has 2 heterocycles. The molecule has 0 spiro atoms. The maximum atomic E-state index is 13.4. The molecule has 4 rings (SSSR count). The summed E-state index contributed by atoms with van der Waals surface area (Å²) in [6.45, 7) is 0.0575. The summed E-state index contributed by atoms with van der Waals surface area (Å²) >= 11 is 0. The van der Waals surface area contributed by atoms with Crippen molar-refractivity contribution in [3.8, 4) is 0 Å². The van der Waals surface area contributed by atoms with E-state index in [1.807, 2.05) is 0 Å². The fourth-order valence-electron chi connectivity index (χ4n) is 2.81. The summed E-state index contributed by atoms with van der Waals surface area (Å²) in [6, 6.07) is 10.9. The van der Waals surface area contributed by atoms with Gasteiger partial charge in [0.25, 0.3) is 0 Å². The lowest BCUT2D eigenvalue weighted by Crippen LogP contribution is -2.14. The van der Waals surface area contributed by atoms with Crippen molar-refractivity contribution < 1.29 is 22.0 Å². The van der Waals surface area contributed by atoms with E-state index >= 15 is 0 Å². The minimum Gasteiger partial charge on any atom is -0.338 e. The number of imidazole rings is 1. The summed E-state index contributed by atoms with van der Waals surface area (Å²) in [6.07, 6.45) is -3.51. The Morgan fingerprint density at radius 1 is 0.931 bits per heavy atom. The summed E-state index contributed by atoms with van der Waals surface area (Å²) in [5, 5.41) is 2.66. The SMILES string of the molecule is Fc1cccc(Cn2cnc3c(Nc4cccc(F)c4)nc(C(F)(F)F)nc32)c1. The number of anilines is 2. The fraction of sp³-hybridized carbons (Fsp3) is 0.105. The van der Waals surface area contributed by atoms with Gasteiger partial charge in [0.2, 0.25) is 5.82 Å². The molecule has 4 aromatic rings. The van der Waals surface area contributed by atoms with Gasteiger partial charge in [-0.3, -0.25) is 0 Å². The van der Waals surface area contributed by atoms with Crippen LogP contribution in [0.25, 0.3) is 11.2 Å². The Hall–Kier alpha value is -3.56. The zero-order chi connectivity index (χ0) is 20.6. The van der Waals surface area contributed by atoms with Crippen molar-refractivity contribution in [3.05, 3.63) is 77.9 Å². The third kappa shape index (κ3) is 4.00. The Balaban J connectivity index is 1.81. The molecule has 0 unspecified atom stereocenters. The maximum Gasteiger partial charge on any atom is 0.451 e. The van der Waals surface area contributed by atoms with Gasteiger partial charge in [-0.2, -0.15) is 13.2 Å². The number of benzene rings is 2. The second kappa shape index (κ2) is 7.12. The molecular formula is C19H12F5N5. The number of nitrogens with zero attached hydrogens (tertiary/aromatic N) is 4. The Bertz CT molecular complexity index is 1190. The van der Waals surface area contributed by atoms with E-state index in [4.69, 9.17) is 0 Å². The highest BCUT2D eigenvalue weighted by Gasteiger charge is 2.36. The highest BCUT2D eigenvalue weighted by atomic mass is 19.4. The minimum atomic E-state index is -4.81. The first-order valence-corrected chi connectivity index (χ1v) is 8.37. The van der Waals surface area contributed by atoms with Crippen LogP contribution in [0.15, 0.2) is 54.9 Å². The van der Waals surface area contributed by atoms with Crippen molar-refractivity contribution in [2.24, 2.45) is 0 Å². The maximum absolute atomic E-state index is 13.4. The van der Waals surface area contributed by atoms with E-state index in [1.165, 1.54) is 47.3 Å². The van der Waals surface area contributed by atoms with Crippen LogP contribution in [0.1, 0.15) is 11.4 Å². The molecule has 0 atom stereocenters. The summed E-state index contributed by atoms with van der Waals surface area (Å²) in [5.74, 6) is -2.62. The van der Waals surface area contributed by atoms with E-state index in [2.05, 4.69) is 20.3 Å². The molecule has 5 nitrogen and oxygen atoms in total. The summed E-state index contributed by atoms with van der Waals surface area (Å²) in [4.78, 5) is 11.2. The summed E-state index contributed by atoms with van der Waals surface area (Å²) < 4.78 is 68.2. The van der Waals surface area contributed by atoms with E-state index in [1.54, 1.807) is 6.07 Å². The number of rotatable bonds is 4. The van der Waals surface area contributed by atoms with Crippen LogP contribution in [0.2, 0.25) is 0 Å². The molecule has 29 heavy (non-hydrogen) atoms. The van der Waals surface area contributed by atoms with Gasteiger partial charge in [-0.05, 0) is 35.9 Å². The van der Waals surface area contributed by atoms with Gasteiger partial charge in [-0.15, -0.1) is 0 Å². The van der Waals surface area contributed by atoms with Gasteiger partial charge in [-0.25, -0.2) is 23.7 Å². The first-order valence-electron chi connectivity index (χ1n) is 8.37. The molecule has 2 aromatic heterocycles. The van der Waals surface area contributed by atoms with E-state index in [9.17, 15) is 22.0 Å². The van der Waals surface area contributed by atoms with Gasteiger partial charge in [0.1, 0.15) is 11.6 Å². The largest absolute Gasteiger partial charge is 0.451 e. The van der Waals surface area contributed by atoms with Gasteiger partial charge < -0.3 is 9.88 Å². The number of hydrogen-bond donors (Lipinski definition) is 1. The standard InChI is InChI=1S/C19H12F5N5/c20-12-4-1-3-11(7-12)9-29-10-25-15-16(26-14-6-2-5-13(21)8-14)27-18(19(22,23)24)28-17(15)29/h1-8,10H,9H2,(H,26,27,28). The van der Waals surface area contributed by atoms with Gasteiger partial charge in [0, 0.05) is 5.69 Å². The molecule has 148 valence electrons. The zero-order valence-corrected chi connectivity index (χ0v) is 14.6. The monoisotopic (exact) mass is 405 g/mol. The number of alkyl halides is 3.